The molecule has 7 heteroatoms. The van der Waals surface area contributed by atoms with Crippen molar-refractivity contribution in [3.05, 3.63) is 72.3 Å². The fraction of sp³-hybridized carbons (Fsp3) is 0.136. The van der Waals surface area contributed by atoms with Crippen molar-refractivity contribution in [2.24, 2.45) is 0 Å². The Kier molecular flexibility index (Phi) is 8.61. The van der Waals surface area contributed by atoms with Gasteiger partial charge in [0.25, 0.3) is 0 Å². The average Bonchev–Trinajstić information content (AvgIpc) is 2.74. The molecule has 0 saturated heterocycles. The minimum atomic E-state index is -0.0790. The SMILES string of the molecule is COc1cc(OC)c(C(=O)Pc2ccc(Oc3ccccc3)cc2)c(OC)c1.[Li]. The van der Waals surface area contributed by atoms with Gasteiger partial charge in [0.05, 0.1) is 21.3 Å². The van der Waals surface area contributed by atoms with Crippen molar-refractivity contribution in [2.75, 3.05) is 21.3 Å². The number of methoxy groups -OCH3 is 3. The molecule has 29 heavy (non-hydrogen) atoms. The number of hydrogen-bond acceptors (Lipinski definition) is 5. The summed E-state index contributed by atoms with van der Waals surface area (Å²) in [6.07, 6.45) is 0. The van der Waals surface area contributed by atoms with Gasteiger partial charge in [-0.15, -0.1) is 0 Å². The van der Waals surface area contributed by atoms with Gasteiger partial charge in [-0.25, -0.2) is 0 Å². The third-order valence-corrected chi connectivity index (χ3v) is 5.13. The van der Waals surface area contributed by atoms with Crippen LogP contribution in [0.25, 0.3) is 0 Å². The molecular formula is C22H21LiO5P. The number of carbonyl (C=O) groups is 1. The largest absolute Gasteiger partial charge is 0.496 e. The van der Waals surface area contributed by atoms with Crippen molar-refractivity contribution in [1.82, 2.24) is 0 Å². The Morgan fingerprint density at radius 1 is 0.724 bits per heavy atom. The molecule has 0 aliphatic rings. The van der Waals surface area contributed by atoms with Crippen LogP contribution in [-0.4, -0.2) is 45.7 Å². The third kappa shape index (κ3) is 5.78. The number of rotatable bonds is 8. The summed E-state index contributed by atoms with van der Waals surface area (Å²) in [6, 6.07) is 20.4. The molecule has 1 atom stereocenters. The van der Waals surface area contributed by atoms with Crippen LogP contribution in [0.3, 0.4) is 0 Å². The van der Waals surface area contributed by atoms with Crippen LogP contribution in [0.15, 0.2) is 66.7 Å². The van der Waals surface area contributed by atoms with E-state index in [1.54, 1.807) is 19.2 Å². The number of hydrogen-bond donors (Lipinski definition) is 0. The van der Waals surface area contributed by atoms with Crippen molar-refractivity contribution in [2.45, 2.75) is 0 Å². The molecule has 0 amide bonds. The van der Waals surface area contributed by atoms with E-state index in [2.05, 4.69) is 0 Å². The Bertz CT molecular complexity index is 920. The molecule has 5 nitrogen and oxygen atoms in total. The fourth-order valence-corrected chi connectivity index (χ4v) is 3.62. The van der Waals surface area contributed by atoms with Crippen molar-refractivity contribution in [3.8, 4) is 28.7 Å². The first kappa shape index (κ1) is 22.8. The summed E-state index contributed by atoms with van der Waals surface area (Å²) < 4.78 is 21.8. The molecule has 145 valence electrons. The van der Waals surface area contributed by atoms with E-state index in [4.69, 9.17) is 18.9 Å². The van der Waals surface area contributed by atoms with Gasteiger partial charge in [-0.1, -0.05) is 30.3 Å². The predicted molar refractivity (Wildman–Crippen MR) is 117 cm³/mol. The minimum Gasteiger partial charge on any atom is -0.496 e. The summed E-state index contributed by atoms with van der Waals surface area (Å²) >= 11 is 0. The van der Waals surface area contributed by atoms with E-state index in [0.29, 0.717) is 28.6 Å². The predicted octanol–water partition coefficient (Wildman–Crippen LogP) is 4.27. The van der Waals surface area contributed by atoms with Gasteiger partial charge in [0.2, 0.25) is 0 Å². The van der Waals surface area contributed by atoms with Gasteiger partial charge >= 0.3 is 0 Å². The molecule has 1 radical (unpaired) electrons. The van der Waals surface area contributed by atoms with Gasteiger partial charge in [-0.05, 0) is 38.2 Å². The molecule has 0 fully saturated rings. The molecular weight excluding hydrogens is 382 g/mol. The van der Waals surface area contributed by atoms with Crippen LogP contribution in [0, 0.1) is 0 Å². The molecule has 0 bridgehead atoms. The summed E-state index contributed by atoms with van der Waals surface area (Å²) in [5.74, 6) is 2.90. The van der Waals surface area contributed by atoms with Crippen molar-refractivity contribution >= 4 is 38.3 Å². The van der Waals surface area contributed by atoms with Gasteiger partial charge in [-0.3, -0.25) is 4.79 Å². The number of para-hydroxylation sites is 1. The molecule has 3 aromatic carbocycles. The first-order valence-electron chi connectivity index (χ1n) is 8.59. The van der Waals surface area contributed by atoms with Crippen molar-refractivity contribution < 1.29 is 23.7 Å². The van der Waals surface area contributed by atoms with Crippen LogP contribution in [-0.2, 0) is 0 Å². The molecule has 1 unspecified atom stereocenters. The van der Waals surface area contributed by atoms with Crippen LogP contribution in [0.1, 0.15) is 10.4 Å². The summed E-state index contributed by atoms with van der Waals surface area (Å²) in [5.41, 5.74) is 0.335. The number of benzene rings is 3. The van der Waals surface area contributed by atoms with E-state index in [1.807, 2.05) is 54.6 Å². The molecule has 0 heterocycles. The second-order valence-corrected chi connectivity index (χ2v) is 7.08. The fourth-order valence-electron chi connectivity index (χ4n) is 2.65. The Morgan fingerprint density at radius 2 is 1.28 bits per heavy atom. The standard InChI is InChI=1S/C22H21O5P.Li/c1-24-17-13-19(25-2)21(20(14-17)26-3)22(23)28-18-11-9-16(10-12-18)27-15-7-5-4-6-8-15;/h4-14,28H,1-3H3;. The maximum absolute atomic E-state index is 12.9. The van der Waals surface area contributed by atoms with Gasteiger partial charge in [0.15, 0.2) is 5.52 Å². The van der Waals surface area contributed by atoms with E-state index in [9.17, 15) is 4.79 Å². The Morgan fingerprint density at radius 3 is 1.79 bits per heavy atom. The third-order valence-electron chi connectivity index (χ3n) is 4.03. The smallest absolute Gasteiger partial charge is 0.193 e. The van der Waals surface area contributed by atoms with E-state index < -0.39 is 0 Å². The Hall–Kier alpha value is -2.44. The summed E-state index contributed by atoms with van der Waals surface area (Å²) in [5, 5.41) is 0.894. The van der Waals surface area contributed by atoms with Crippen molar-refractivity contribution in [1.29, 1.82) is 0 Å². The molecule has 3 rings (SSSR count). The van der Waals surface area contributed by atoms with Crippen LogP contribution < -0.4 is 24.3 Å². The molecule has 0 aromatic heterocycles. The zero-order valence-electron chi connectivity index (χ0n) is 16.9. The van der Waals surface area contributed by atoms with Crippen molar-refractivity contribution in [3.63, 3.8) is 0 Å². The minimum absolute atomic E-state index is 0. The normalized spacial score (nSPS) is 10.3. The molecule has 3 aromatic rings. The van der Waals surface area contributed by atoms with E-state index in [1.165, 1.54) is 14.2 Å². The number of ether oxygens (including phenoxy) is 4. The molecule has 0 spiro atoms. The van der Waals surface area contributed by atoms with E-state index in [0.717, 1.165) is 11.1 Å². The molecule has 0 saturated carbocycles. The number of carbonyl (C=O) groups excluding carboxylic acids is 1. The summed E-state index contributed by atoms with van der Waals surface area (Å²) in [7, 11) is 4.51. The zero-order chi connectivity index (χ0) is 19.9. The molecule has 0 aliphatic heterocycles. The van der Waals surface area contributed by atoms with E-state index >= 15 is 0 Å². The quantitative estimate of drug-likeness (QED) is 0.415. The average molecular weight is 403 g/mol. The van der Waals surface area contributed by atoms with E-state index in [-0.39, 0.29) is 33.0 Å². The summed E-state index contributed by atoms with van der Waals surface area (Å²) in [6.45, 7) is 0. The van der Waals surface area contributed by atoms with Crippen LogP contribution in [0.4, 0.5) is 0 Å². The Labute approximate surface area is 184 Å². The molecule has 0 aliphatic carbocycles. The second kappa shape index (κ2) is 10.9. The Balaban J connectivity index is 0.00000300. The zero-order valence-corrected chi connectivity index (χ0v) is 17.9. The maximum atomic E-state index is 12.9. The first-order chi connectivity index (χ1) is 13.6. The first-order valence-corrected chi connectivity index (χ1v) is 9.59. The monoisotopic (exact) mass is 403 g/mol. The van der Waals surface area contributed by atoms with Gasteiger partial charge in [0.1, 0.15) is 34.3 Å². The van der Waals surface area contributed by atoms with Crippen LogP contribution in [0.2, 0.25) is 0 Å². The van der Waals surface area contributed by atoms with Crippen LogP contribution >= 0.6 is 8.58 Å². The van der Waals surface area contributed by atoms with Crippen LogP contribution in [0.5, 0.6) is 28.7 Å². The summed E-state index contributed by atoms with van der Waals surface area (Å²) in [4.78, 5) is 12.9. The van der Waals surface area contributed by atoms with Gasteiger partial charge in [-0.2, -0.15) is 0 Å². The van der Waals surface area contributed by atoms with Gasteiger partial charge < -0.3 is 18.9 Å². The molecule has 0 N–H and O–H groups in total. The second-order valence-electron chi connectivity index (χ2n) is 5.80. The maximum Gasteiger partial charge on any atom is 0.193 e. The topological polar surface area (TPSA) is 54.0 Å². The van der Waals surface area contributed by atoms with Gasteiger partial charge in [0, 0.05) is 31.0 Å².